The third-order valence-corrected chi connectivity index (χ3v) is 5.88. The number of hydrogen-bond donors (Lipinski definition) is 1. The van der Waals surface area contributed by atoms with Gasteiger partial charge in [0.25, 0.3) is 0 Å². The van der Waals surface area contributed by atoms with Crippen molar-refractivity contribution in [3.05, 3.63) is 106 Å². The molecule has 4 rings (SSSR count). The largest absolute Gasteiger partial charge is 0.481 e. The summed E-state index contributed by atoms with van der Waals surface area (Å²) in [4.78, 5) is 25.2. The normalized spacial score (nSPS) is 15.0. The standard InChI is InChI=1S/C26H25FN2O5/c27-21-13-14-23(22(15-21)29(32)33)34-25(20-11-12-20)24(26(30)31)28(16-18-7-3-1-4-8-18)17-19-9-5-2-6-10-19/h1-10,13-15,20,24-25H,11-12,16-17H2,(H,30,31). The molecule has 1 aliphatic carbocycles. The van der Waals surface area contributed by atoms with Gasteiger partial charge in [0.1, 0.15) is 18.0 Å². The zero-order chi connectivity index (χ0) is 24.1. The quantitative estimate of drug-likeness (QED) is 0.315. The highest BCUT2D eigenvalue weighted by Crippen LogP contribution is 2.40. The van der Waals surface area contributed by atoms with Crippen molar-refractivity contribution in [2.24, 2.45) is 5.92 Å². The maximum atomic E-state index is 13.7. The molecule has 0 bridgehead atoms. The van der Waals surface area contributed by atoms with E-state index in [0.29, 0.717) is 13.1 Å². The highest BCUT2D eigenvalue weighted by Gasteiger charge is 2.45. The Labute approximate surface area is 196 Å². The number of benzene rings is 3. The monoisotopic (exact) mass is 464 g/mol. The summed E-state index contributed by atoms with van der Waals surface area (Å²) in [5.74, 6) is -2.03. The van der Waals surface area contributed by atoms with Gasteiger partial charge in [-0.3, -0.25) is 19.8 Å². The molecule has 1 saturated carbocycles. The average Bonchev–Trinajstić information content (AvgIpc) is 3.66. The molecular weight excluding hydrogens is 439 g/mol. The molecule has 0 aliphatic heterocycles. The van der Waals surface area contributed by atoms with E-state index < -0.39 is 34.5 Å². The summed E-state index contributed by atoms with van der Waals surface area (Å²) >= 11 is 0. The molecule has 1 N–H and O–H groups in total. The number of nitrogens with zero attached hydrogens (tertiary/aromatic N) is 2. The maximum absolute atomic E-state index is 13.7. The van der Waals surface area contributed by atoms with Crippen molar-refractivity contribution in [1.82, 2.24) is 4.90 Å². The number of nitro benzene ring substituents is 1. The zero-order valence-corrected chi connectivity index (χ0v) is 18.4. The van der Waals surface area contributed by atoms with Crippen LogP contribution in [0.2, 0.25) is 0 Å². The third kappa shape index (κ3) is 5.77. The fraction of sp³-hybridized carbons (Fsp3) is 0.269. The minimum atomic E-state index is -1.08. The predicted octanol–water partition coefficient (Wildman–Crippen LogP) is 5.05. The van der Waals surface area contributed by atoms with E-state index in [1.165, 1.54) is 6.07 Å². The fourth-order valence-corrected chi connectivity index (χ4v) is 4.12. The Kier molecular flexibility index (Phi) is 7.18. The highest BCUT2D eigenvalue weighted by atomic mass is 19.1. The van der Waals surface area contributed by atoms with Crippen LogP contribution in [-0.4, -0.2) is 33.0 Å². The SMILES string of the molecule is O=C(O)C(C(Oc1ccc(F)cc1[N+](=O)[O-])C1CC1)N(Cc1ccccc1)Cc1ccccc1. The van der Waals surface area contributed by atoms with Gasteiger partial charge in [-0.2, -0.15) is 0 Å². The summed E-state index contributed by atoms with van der Waals surface area (Å²) in [5.41, 5.74) is 1.35. The second kappa shape index (κ2) is 10.4. The average molecular weight is 464 g/mol. The Morgan fingerprint density at radius 3 is 2.06 bits per heavy atom. The third-order valence-electron chi connectivity index (χ3n) is 5.88. The van der Waals surface area contributed by atoms with Gasteiger partial charge in [0.2, 0.25) is 0 Å². The van der Waals surface area contributed by atoms with Crippen LogP contribution in [0.1, 0.15) is 24.0 Å². The van der Waals surface area contributed by atoms with E-state index in [0.717, 1.165) is 36.1 Å². The number of nitro groups is 1. The van der Waals surface area contributed by atoms with E-state index in [1.54, 1.807) is 0 Å². The number of hydrogen-bond acceptors (Lipinski definition) is 5. The molecule has 0 saturated heterocycles. The van der Waals surface area contributed by atoms with Crippen LogP contribution in [0, 0.1) is 21.8 Å². The fourth-order valence-electron chi connectivity index (χ4n) is 4.12. The zero-order valence-electron chi connectivity index (χ0n) is 18.4. The van der Waals surface area contributed by atoms with Crippen LogP contribution in [0.3, 0.4) is 0 Å². The summed E-state index contributed by atoms with van der Waals surface area (Å²) in [6.45, 7) is 0.704. The van der Waals surface area contributed by atoms with E-state index in [1.807, 2.05) is 65.6 Å². The van der Waals surface area contributed by atoms with Crippen LogP contribution < -0.4 is 4.74 Å². The minimum Gasteiger partial charge on any atom is -0.481 e. The van der Waals surface area contributed by atoms with Crippen molar-refractivity contribution in [2.75, 3.05) is 0 Å². The first-order valence-corrected chi connectivity index (χ1v) is 11.1. The lowest BCUT2D eigenvalue weighted by atomic mass is 10.0. The van der Waals surface area contributed by atoms with Crippen molar-refractivity contribution < 1.29 is 24.0 Å². The van der Waals surface area contributed by atoms with E-state index in [-0.39, 0.29) is 11.7 Å². The number of aliphatic carboxylic acids is 1. The molecule has 34 heavy (non-hydrogen) atoms. The molecule has 1 aliphatic rings. The lowest BCUT2D eigenvalue weighted by Crippen LogP contribution is -2.51. The van der Waals surface area contributed by atoms with Gasteiger partial charge in [0.15, 0.2) is 5.75 Å². The summed E-state index contributed by atoms with van der Waals surface area (Å²) in [7, 11) is 0. The summed E-state index contributed by atoms with van der Waals surface area (Å²) in [6.07, 6.45) is 0.677. The molecule has 2 unspecified atom stereocenters. The van der Waals surface area contributed by atoms with Crippen LogP contribution >= 0.6 is 0 Å². The molecule has 3 aromatic rings. The predicted molar refractivity (Wildman–Crippen MR) is 124 cm³/mol. The van der Waals surface area contributed by atoms with E-state index >= 15 is 0 Å². The van der Waals surface area contributed by atoms with E-state index in [9.17, 15) is 24.4 Å². The molecule has 0 spiro atoms. The van der Waals surface area contributed by atoms with Crippen LogP contribution in [0.25, 0.3) is 0 Å². The topological polar surface area (TPSA) is 92.9 Å². The lowest BCUT2D eigenvalue weighted by molar-refractivity contribution is -0.386. The molecule has 8 heteroatoms. The van der Waals surface area contributed by atoms with Crippen LogP contribution in [0.5, 0.6) is 5.75 Å². The van der Waals surface area contributed by atoms with Crippen molar-refractivity contribution in [3.63, 3.8) is 0 Å². The number of ether oxygens (including phenoxy) is 1. The van der Waals surface area contributed by atoms with Gasteiger partial charge >= 0.3 is 11.7 Å². The minimum absolute atomic E-state index is 0.0696. The summed E-state index contributed by atoms with van der Waals surface area (Å²) in [6, 6.07) is 21.0. The van der Waals surface area contributed by atoms with Crippen LogP contribution in [0.4, 0.5) is 10.1 Å². The summed E-state index contributed by atoms with van der Waals surface area (Å²) in [5, 5.41) is 21.8. The molecule has 176 valence electrons. The van der Waals surface area contributed by atoms with Crippen LogP contribution in [0.15, 0.2) is 78.9 Å². The molecule has 0 radical (unpaired) electrons. The number of carboxylic acid groups (broad SMARTS) is 1. The lowest BCUT2D eigenvalue weighted by Gasteiger charge is -2.34. The van der Waals surface area contributed by atoms with Gasteiger partial charge in [-0.15, -0.1) is 0 Å². The number of rotatable bonds is 11. The van der Waals surface area contributed by atoms with Gasteiger partial charge in [-0.1, -0.05) is 60.7 Å². The Morgan fingerprint density at radius 1 is 1.03 bits per heavy atom. The first-order chi connectivity index (χ1) is 16.4. The molecular formula is C26H25FN2O5. The van der Waals surface area contributed by atoms with Crippen molar-refractivity contribution in [2.45, 2.75) is 38.1 Å². The number of halogens is 1. The van der Waals surface area contributed by atoms with E-state index in [4.69, 9.17) is 4.74 Å². The van der Waals surface area contributed by atoms with Gasteiger partial charge in [-0.25, -0.2) is 4.39 Å². The van der Waals surface area contributed by atoms with Crippen LogP contribution in [-0.2, 0) is 17.9 Å². The first-order valence-electron chi connectivity index (χ1n) is 11.1. The molecule has 0 aromatic heterocycles. The Morgan fingerprint density at radius 2 is 1.59 bits per heavy atom. The smallest absolute Gasteiger partial charge is 0.324 e. The van der Waals surface area contributed by atoms with Crippen molar-refractivity contribution >= 4 is 11.7 Å². The molecule has 0 amide bonds. The van der Waals surface area contributed by atoms with Gasteiger partial charge in [0.05, 0.1) is 11.0 Å². The molecule has 2 atom stereocenters. The van der Waals surface area contributed by atoms with Gasteiger partial charge < -0.3 is 9.84 Å². The molecule has 0 heterocycles. The summed E-state index contributed by atoms with van der Waals surface area (Å²) < 4.78 is 19.7. The Balaban J connectivity index is 1.70. The second-order valence-corrected chi connectivity index (χ2v) is 8.45. The first kappa shape index (κ1) is 23.4. The maximum Gasteiger partial charge on any atom is 0.324 e. The highest BCUT2D eigenvalue weighted by molar-refractivity contribution is 5.74. The van der Waals surface area contributed by atoms with Gasteiger partial charge in [-0.05, 0) is 42.0 Å². The number of carbonyl (C=O) groups is 1. The molecule has 3 aromatic carbocycles. The Bertz CT molecular complexity index is 1100. The Hall–Kier alpha value is -3.78. The van der Waals surface area contributed by atoms with Crippen molar-refractivity contribution in [1.29, 1.82) is 0 Å². The molecule has 7 nitrogen and oxygen atoms in total. The second-order valence-electron chi connectivity index (χ2n) is 8.45. The molecule has 1 fully saturated rings. The van der Waals surface area contributed by atoms with Crippen molar-refractivity contribution in [3.8, 4) is 5.75 Å². The number of carboxylic acids is 1. The van der Waals surface area contributed by atoms with E-state index in [2.05, 4.69) is 0 Å². The van der Waals surface area contributed by atoms with Gasteiger partial charge in [0, 0.05) is 13.1 Å².